The van der Waals surface area contributed by atoms with Crippen LogP contribution in [0.3, 0.4) is 0 Å². The molecule has 0 saturated heterocycles. The lowest BCUT2D eigenvalue weighted by Gasteiger charge is -2.15. The highest BCUT2D eigenvalue weighted by atomic mass is 16.5. The fraction of sp³-hybridized carbons (Fsp3) is 0.600. The van der Waals surface area contributed by atoms with Crippen LogP contribution in [0.5, 0.6) is 0 Å². The SMILES string of the molecule is C=C(C)C(=O)NC(O)C(=O)NCC(O)COC. The van der Waals surface area contributed by atoms with Gasteiger partial charge in [-0.2, -0.15) is 0 Å². The molecule has 2 amide bonds. The number of carbonyl (C=O) groups is 2. The predicted molar refractivity (Wildman–Crippen MR) is 59.9 cm³/mol. The Kier molecular flexibility index (Phi) is 7.11. The maximum atomic E-state index is 11.3. The molecule has 0 aromatic carbocycles. The van der Waals surface area contributed by atoms with Crippen LogP contribution in [0.4, 0.5) is 0 Å². The minimum atomic E-state index is -1.67. The molecule has 0 fully saturated rings. The molecule has 0 rings (SSSR count). The highest BCUT2D eigenvalue weighted by Gasteiger charge is 2.18. The van der Waals surface area contributed by atoms with Gasteiger partial charge in [-0.1, -0.05) is 6.58 Å². The summed E-state index contributed by atoms with van der Waals surface area (Å²) < 4.78 is 4.65. The molecule has 0 bridgehead atoms. The van der Waals surface area contributed by atoms with Crippen LogP contribution in [-0.2, 0) is 14.3 Å². The Hall–Kier alpha value is -1.44. The first-order chi connectivity index (χ1) is 7.88. The lowest BCUT2D eigenvalue weighted by Crippen LogP contribution is -2.48. The average molecular weight is 246 g/mol. The van der Waals surface area contributed by atoms with Crippen LogP contribution in [0.1, 0.15) is 6.92 Å². The van der Waals surface area contributed by atoms with E-state index < -0.39 is 24.1 Å². The first-order valence-electron chi connectivity index (χ1n) is 4.97. The van der Waals surface area contributed by atoms with Crippen LogP contribution < -0.4 is 10.6 Å². The number of aliphatic hydroxyl groups is 2. The van der Waals surface area contributed by atoms with Crippen LogP contribution in [0.2, 0.25) is 0 Å². The molecule has 0 aliphatic carbocycles. The second-order valence-electron chi connectivity index (χ2n) is 3.51. The molecule has 0 saturated carbocycles. The summed E-state index contributed by atoms with van der Waals surface area (Å²) in [7, 11) is 1.41. The van der Waals surface area contributed by atoms with E-state index in [1.54, 1.807) is 0 Å². The lowest BCUT2D eigenvalue weighted by atomic mass is 10.3. The number of hydrogen-bond donors (Lipinski definition) is 4. The van der Waals surface area contributed by atoms with Gasteiger partial charge in [-0.25, -0.2) is 0 Å². The van der Waals surface area contributed by atoms with E-state index >= 15 is 0 Å². The van der Waals surface area contributed by atoms with Crippen molar-refractivity contribution in [1.82, 2.24) is 10.6 Å². The number of nitrogens with one attached hydrogen (secondary N) is 2. The molecule has 0 aromatic rings. The minimum Gasteiger partial charge on any atom is -0.389 e. The van der Waals surface area contributed by atoms with E-state index in [2.05, 4.69) is 16.6 Å². The van der Waals surface area contributed by atoms with E-state index in [9.17, 15) is 19.8 Å². The van der Waals surface area contributed by atoms with E-state index in [-0.39, 0.29) is 18.7 Å². The van der Waals surface area contributed by atoms with Crippen molar-refractivity contribution in [3.8, 4) is 0 Å². The Labute approximate surface area is 99.5 Å². The van der Waals surface area contributed by atoms with Crippen molar-refractivity contribution in [2.75, 3.05) is 20.3 Å². The van der Waals surface area contributed by atoms with Gasteiger partial charge in [-0.05, 0) is 6.92 Å². The summed E-state index contributed by atoms with van der Waals surface area (Å²) in [6, 6.07) is 0. The van der Waals surface area contributed by atoms with Gasteiger partial charge in [0, 0.05) is 19.2 Å². The topological polar surface area (TPSA) is 108 Å². The second kappa shape index (κ2) is 7.77. The van der Waals surface area contributed by atoms with E-state index in [4.69, 9.17) is 0 Å². The normalized spacial score (nSPS) is 13.6. The van der Waals surface area contributed by atoms with E-state index in [1.165, 1.54) is 14.0 Å². The van der Waals surface area contributed by atoms with Crippen molar-refractivity contribution in [2.24, 2.45) is 0 Å². The van der Waals surface area contributed by atoms with Gasteiger partial charge in [-0.15, -0.1) is 0 Å². The number of amides is 2. The van der Waals surface area contributed by atoms with Gasteiger partial charge in [0.25, 0.3) is 5.91 Å². The molecule has 0 radical (unpaired) electrons. The monoisotopic (exact) mass is 246 g/mol. The fourth-order valence-corrected chi connectivity index (χ4v) is 0.879. The maximum Gasteiger partial charge on any atom is 0.270 e. The van der Waals surface area contributed by atoms with Crippen molar-refractivity contribution in [3.05, 3.63) is 12.2 Å². The second-order valence-corrected chi connectivity index (χ2v) is 3.51. The summed E-state index contributed by atoms with van der Waals surface area (Å²) >= 11 is 0. The summed E-state index contributed by atoms with van der Waals surface area (Å²) in [6.45, 7) is 4.79. The van der Waals surface area contributed by atoms with Crippen molar-refractivity contribution >= 4 is 11.8 Å². The third kappa shape index (κ3) is 6.67. The zero-order valence-electron chi connectivity index (χ0n) is 9.90. The Balaban J connectivity index is 3.98. The minimum absolute atomic E-state index is 0.0640. The van der Waals surface area contributed by atoms with E-state index in [1.807, 2.05) is 5.32 Å². The molecular formula is C10H18N2O5. The molecule has 7 nitrogen and oxygen atoms in total. The first kappa shape index (κ1) is 15.6. The quantitative estimate of drug-likeness (QED) is 0.310. The molecule has 7 heteroatoms. The number of ether oxygens (including phenoxy) is 1. The highest BCUT2D eigenvalue weighted by molar-refractivity contribution is 5.95. The van der Waals surface area contributed by atoms with Crippen molar-refractivity contribution in [2.45, 2.75) is 19.3 Å². The number of methoxy groups -OCH3 is 1. The molecule has 0 aliphatic rings. The van der Waals surface area contributed by atoms with Crippen molar-refractivity contribution < 1.29 is 24.5 Å². The number of carbonyl (C=O) groups excluding carboxylic acids is 2. The molecule has 2 unspecified atom stereocenters. The summed E-state index contributed by atoms with van der Waals surface area (Å²) in [4.78, 5) is 22.3. The summed E-state index contributed by atoms with van der Waals surface area (Å²) in [5, 5.41) is 22.8. The molecule has 4 N–H and O–H groups in total. The fourth-order valence-electron chi connectivity index (χ4n) is 0.879. The van der Waals surface area contributed by atoms with Crippen LogP contribution >= 0.6 is 0 Å². The smallest absolute Gasteiger partial charge is 0.270 e. The third-order valence-electron chi connectivity index (χ3n) is 1.77. The Morgan fingerprint density at radius 2 is 2.00 bits per heavy atom. The number of hydrogen-bond acceptors (Lipinski definition) is 5. The van der Waals surface area contributed by atoms with E-state index in [0.29, 0.717) is 0 Å². The molecule has 0 heterocycles. The third-order valence-corrected chi connectivity index (χ3v) is 1.77. The van der Waals surface area contributed by atoms with Gasteiger partial charge in [0.05, 0.1) is 12.7 Å². The van der Waals surface area contributed by atoms with Gasteiger partial charge in [-0.3, -0.25) is 9.59 Å². The summed E-state index contributed by atoms with van der Waals surface area (Å²) in [5.41, 5.74) is 0.177. The molecule has 98 valence electrons. The summed E-state index contributed by atoms with van der Waals surface area (Å²) in [5.74, 6) is -1.43. The van der Waals surface area contributed by atoms with Gasteiger partial charge in [0.2, 0.25) is 12.1 Å². The lowest BCUT2D eigenvalue weighted by molar-refractivity contribution is -0.136. The molecule has 0 aliphatic heterocycles. The van der Waals surface area contributed by atoms with Gasteiger partial charge in [0.15, 0.2) is 0 Å². The van der Waals surface area contributed by atoms with E-state index in [0.717, 1.165) is 0 Å². The Morgan fingerprint density at radius 3 is 2.47 bits per heavy atom. The van der Waals surface area contributed by atoms with Crippen molar-refractivity contribution in [1.29, 1.82) is 0 Å². The van der Waals surface area contributed by atoms with Crippen LogP contribution in [0.25, 0.3) is 0 Å². The maximum absolute atomic E-state index is 11.3. The predicted octanol–water partition coefficient (Wildman–Crippen LogP) is -1.88. The van der Waals surface area contributed by atoms with Gasteiger partial charge < -0.3 is 25.6 Å². The van der Waals surface area contributed by atoms with Crippen LogP contribution in [0, 0.1) is 0 Å². The van der Waals surface area contributed by atoms with Crippen molar-refractivity contribution in [3.63, 3.8) is 0 Å². The molecule has 0 aromatic heterocycles. The standard InChI is InChI=1S/C10H18N2O5/c1-6(2)8(14)12-10(16)9(15)11-4-7(13)5-17-3/h7,10,13,16H,1,4-5H2,2-3H3,(H,11,15)(H,12,14). The van der Waals surface area contributed by atoms with Gasteiger partial charge >= 0.3 is 0 Å². The Bertz CT molecular complexity index is 292. The van der Waals surface area contributed by atoms with Crippen LogP contribution in [0.15, 0.2) is 12.2 Å². The van der Waals surface area contributed by atoms with Crippen LogP contribution in [-0.4, -0.2) is 54.6 Å². The first-order valence-corrected chi connectivity index (χ1v) is 4.97. The highest BCUT2D eigenvalue weighted by Crippen LogP contribution is 1.88. The van der Waals surface area contributed by atoms with Gasteiger partial charge in [0.1, 0.15) is 0 Å². The summed E-state index contributed by atoms with van der Waals surface area (Å²) in [6.07, 6.45) is -2.54. The molecule has 17 heavy (non-hydrogen) atoms. The number of rotatable bonds is 7. The number of aliphatic hydroxyl groups excluding tert-OH is 2. The zero-order chi connectivity index (χ0) is 13.4. The zero-order valence-corrected chi connectivity index (χ0v) is 9.90. The Morgan fingerprint density at radius 1 is 1.41 bits per heavy atom. The molecule has 0 spiro atoms. The molecular weight excluding hydrogens is 228 g/mol. The largest absolute Gasteiger partial charge is 0.389 e. The molecule has 2 atom stereocenters. The average Bonchev–Trinajstić information content (AvgIpc) is 2.25.